The minimum absolute atomic E-state index is 0.0183. The van der Waals surface area contributed by atoms with Gasteiger partial charge in [-0.3, -0.25) is 0 Å². The summed E-state index contributed by atoms with van der Waals surface area (Å²) in [4.78, 5) is 16.5. The molecule has 6 nitrogen and oxygen atoms in total. The molecule has 1 aromatic carbocycles. The summed E-state index contributed by atoms with van der Waals surface area (Å²) in [6.07, 6.45) is 5.47. The van der Waals surface area contributed by atoms with Crippen LogP contribution in [0, 0.1) is 5.82 Å². The summed E-state index contributed by atoms with van der Waals surface area (Å²) in [5, 5.41) is 5.63. The maximum atomic E-state index is 13.8. The number of urea groups is 1. The van der Waals surface area contributed by atoms with E-state index < -0.39 is 0 Å². The first-order valence-electron chi connectivity index (χ1n) is 8.51. The molecular weight excluding hydrogens is 323 g/mol. The molecule has 3 rings (SSSR count). The second-order valence-electron chi connectivity index (χ2n) is 6.24. The number of ether oxygens (including phenoxy) is 1. The van der Waals surface area contributed by atoms with Gasteiger partial charge >= 0.3 is 6.03 Å². The van der Waals surface area contributed by atoms with Crippen molar-refractivity contribution in [1.29, 1.82) is 0 Å². The third kappa shape index (κ3) is 4.17. The van der Waals surface area contributed by atoms with E-state index in [1.54, 1.807) is 18.3 Å². The van der Waals surface area contributed by atoms with Gasteiger partial charge in [0.25, 0.3) is 0 Å². The van der Waals surface area contributed by atoms with Gasteiger partial charge in [0.05, 0.1) is 0 Å². The summed E-state index contributed by atoms with van der Waals surface area (Å²) < 4.78 is 21.5. The topological polar surface area (TPSA) is 68.2 Å². The minimum atomic E-state index is -0.339. The number of hydrogen-bond acceptors (Lipinski definition) is 3. The Hall–Kier alpha value is -2.41. The summed E-state index contributed by atoms with van der Waals surface area (Å²) in [5.41, 5.74) is 1.08. The monoisotopic (exact) mass is 346 g/mol. The highest BCUT2D eigenvalue weighted by molar-refractivity contribution is 5.89. The first-order valence-corrected chi connectivity index (χ1v) is 8.51. The zero-order chi connectivity index (χ0) is 17.8. The van der Waals surface area contributed by atoms with Crippen molar-refractivity contribution in [2.75, 3.05) is 11.9 Å². The maximum Gasteiger partial charge on any atom is 0.319 e. The quantitative estimate of drug-likeness (QED) is 0.893. The van der Waals surface area contributed by atoms with Crippen LogP contribution in [0.25, 0.3) is 0 Å². The predicted octanol–water partition coefficient (Wildman–Crippen LogP) is 3.16. The summed E-state index contributed by atoms with van der Waals surface area (Å²) in [5.74, 6) is 0.547. The number of rotatable bonds is 4. The number of aromatic nitrogens is 2. The van der Waals surface area contributed by atoms with Gasteiger partial charge in [-0.1, -0.05) is 13.0 Å². The molecule has 2 aromatic rings. The van der Waals surface area contributed by atoms with E-state index >= 15 is 0 Å². The number of amides is 2. The normalized spacial score (nSPS) is 20.3. The molecule has 2 atom stereocenters. The number of carbonyl (C=O) groups is 1. The van der Waals surface area contributed by atoms with E-state index in [4.69, 9.17) is 4.74 Å². The average molecular weight is 346 g/mol. The van der Waals surface area contributed by atoms with E-state index in [-0.39, 0.29) is 24.0 Å². The van der Waals surface area contributed by atoms with E-state index in [1.165, 1.54) is 6.07 Å². The van der Waals surface area contributed by atoms with Crippen molar-refractivity contribution >= 4 is 11.7 Å². The van der Waals surface area contributed by atoms with Gasteiger partial charge in [0.2, 0.25) is 0 Å². The number of aryl methyl sites for hydroxylation is 2. The number of halogens is 1. The Morgan fingerprint density at radius 2 is 2.32 bits per heavy atom. The molecule has 134 valence electrons. The second-order valence-corrected chi connectivity index (χ2v) is 6.24. The fourth-order valence-electron chi connectivity index (χ4n) is 3.06. The van der Waals surface area contributed by atoms with Crippen molar-refractivity contribution in [2.24, 2.45) is 7.05 Å². The van der Waals surface area contributed by atoms with Crippen molar-refractivity contribution in [2.45, 2.75) is 38.3 Å². The molecule has 1 aromatic heterocycles. The highest BCUT2D eigenvalue weighted by Crippen LogP contribution is 2.26. The standard InChI is InChI=1S/C18H23FN4O2/c1-3-12-4-5-13(10-15(12)19)21-18(24)22-14-6-9-25-16(11-14)17-20-7-8-23(17)2/h4-5,7-8,10,14,16H,3,6,9,11H2,1-2H3,(H2,21,22,24)/t14-,16+/m0/s1. The molecule has 0 saturated carbocycles. The van der Waals surface area contributed by atoms with Crippen molar-refractivity contribution < 1.29 is 13.9 Å². The number of hydrogen-bond donors (Lipinski definition) is 2. The lowest BCUT2D eigenvalue weighted by Crippen LogP contribution is -2.42. The van der Waals surface area contributed by atoms with Crippen LogP contribution in [-0.2, 0) is 18.2 Å². The Bertz CT molecular complexity index is 746. The van der Waals surface area contributed by atoms with Crippen LogP contribution in [0.1, 0.15) is 37.3 Å². The summed E-state index contributed by atoms with van der Waals surface area (Å²) in [6.45, 7) is 2.45. The van der Waals surface area contributed by atoms with Crippen LogP contribution in [0.15, 0.2) is 30.6 Å². The third-order valence-corrected chi connectivity index (χ3v) is 4.46. The Balaban J connectivity index is 1.57. The molecule has 1 saturated heterocycles. The Morgan fingerprint density at radius 1 is 1.48 bits per heavy atom. The van der Waals surface area contributed by atoms with Crippen molar-refractivity contribution in [3.8, 4) is 0 Å². The summed E-state index contributed by atoms with van der Waals surface area (Å²) >= 11 is 0. The molecule has 2 amide bonds. The zero-order valence-electron chi connectivity index (χ0n) is 14.5. The number of nitrogens with one attached hydrogen (secondary N) is 2. The van der Waals surface area contributed by atoms with Gasteiger partial charge in [0.1, 0.15) is 17.7 Å². The molecule has 2 heterocycles. The van der Waals surface area contributed by atoms with Crippen molar-refractivity contribution in [1.82, 2.24) is 14.9 Å². The van der Waals surface area contributed by atoms with Crippen LogP contribution >= 0.6 is 0 Å². The van der Waals surface area contributed by atoms with Gasteiger partial charge in [0.15, 0.2) is 0 Å². The van der Waals surface area contributed by atoms with Crippen molar-refractivity contribution in [3.63, 3.8) is 0 Å². The largest absolute Gasteiger partial charge is 0.370 e. The number of imidazole rings is 1. The number of benzene rings is 1. The smallest absolute Gasteiger partial charge is 0.319 e. The van der Waals surface area contributed by atoms with Crippen LogP contribution in [0.5, 0.6) is 0 Å². The molecule has 2 N–H and O–H groups in total. The molecule has 0 spiro atoms. The first-order chi connectivity index (χ1) is 12.1. The van der Waals surface area contributed by atoms with Gasteiger partial charge < -0.3 is 19.9 Å². The SMILES string of the molecule is CCc1ccc(NC(=O)N[C@H]2CCO[C@@H](c3nccn3C)C2)cc1F. The maximum absolute atomic E-state index is 13.8. The molecule has 0 bridgehead atoms. The molecule has 1 aliphatic heterocycles. The minimum Gasteiger partial charge on any atom is -0.370 e. The Kier molecular flexibility index (Phi) is 5.33. The highest BCUT2D eigenvalue weighted by atomic mass is 19.1. The number of nitrogens with zero attached hydrogens (tertiary/aromatic N) is 2. The highest BCUT2D eigenvalue weighted by Gasteiger charge is 2.27. The van der Waals surface area contributed by atoms with Gasteiger partial charge in [-0.15, -0.1) is 0 Å². The van der Waals surface area contributed by atoms with Crippen molar-refractivity contribution in [3.05, 3.63) is 47.8 Å². The lowest BCUT2D eigenvalue weighted by atomic mass is 10.0. The van der Waals surface area contributed by atoms with Crippen LogP contribution in [0.4, 0.5) is 14.9 Å². The summed E-state index contributed by atoms with van der Waals surface area (Å²) in [7, 11) is 1.92. The Morgan fingerprint density at radius 3 is 3.00 bits per heavy atom. The molecule has 0 unspecified atom stereocenters. The lowest BCUT2D eigenvalue weighted by Gasteiger charge is -2.29. The van der Waals surface area contributed by atoms with Crippen LogP contribution in [0.3, 0.4) is 0 Å². The predicted molar refractivity (Wildman–Crippen MR) is 92.9 cm³/mol. The van der Waals surface area contributed by atoms with Gasteiger partial charge in [-0.2, -0.15) is 0 Å². The second kappa shape index (κ2) is 7.65. The van der Waals surface area contributed by atoms with Crippen LogP contribution < -0.4 is 10.6 Å². The zero-order valence-corrected chi connectivity index (χ0v) is 14.5. The first kappa shape index (κ1) is 17.4. The van der Waals surface area contributed by atoms with E-state index in [2.05, 4.69) is 15.6 Å². The van der Waals surface area contributed by atoms with E-state index in [9.17, 15) is 9.18 Å². The van der Waals surface area contributed by atoms with E-state index in [0.717, 1.165) is 12.2 Å². The molecule has 1 fully saturated rings. The lowest BCUT2D eigenvalue weighted by molar-refractivity contribution is -0.00410. The third-order valence-electron chi connectivity index (χ3n) is 4.46. The molecule has 25 heavy (non-hydrogen) atoms. The van der Waals surface area contributed by atoms with Crippen LogP contribution in [0.2, 0.25) is 0 Å². The Labute approximate surface area is 146 Å². The molecule has 0 radical (unpaired) electrons. The van der Waals surface area contributed by atoms with Gasteiger partial charge in [-0.05, 0) is 30.5 Å². The molecule has 0 aliphatic carbocycles. The van der Waals surface area contributed by atoms with Gasteiger partial charge in [-0.25, -0.2) is 14.2 Å². The molecule has 7 heteroatoms. The fourth-order valence-corrected chi connectivity index (χ4v) is 3.06. The van der Waals surface area contributed by atoms with Gasteiger partial charge in [0, 0.05) is 44.2 Å². The van der Waals surface area contributed by atoms with E-state index in [0.29, 0.717) is 30.7 Å². The fraction of sp³-hybridized carbons (Fsp3) is 0.444. The average Bonchev–Trinajstić information content (AvgIpc) is 3.01. The number of anilines is 1. The molecular formula is C18H23FN4O2. The number of carbonyl (C=O) groups excluding carboxylic acids is 1. The van der Waals surface area contributed by atoms with E-state index in [1.807, 2.05) is 24.7 Å². The van der Waals surface area contributed by atoms with Crippen LogP contribution in [-0.4, -0.2) is 28.2 Å². The molecule has 1 aliphatic rings. The summed E-state index contributed by atoms with van der Waals surface area (Å²) in [6, 6.07) is 4.39.